The highest BCUT2D eigenvalue weighted by molar-refractivity contribution is 7.16. The van der Waals surface area contributed by atoms with Gasteiger partial charge in [0.05, 0.1) is 15.7 Å². The van der Waals surface area contributed by atoms with Crippen LogP contribution in [0, 0.1) is 0 Å². The van der Waals surface area contributed by atoms with Gasteiger partial charge in [-0.3, -0.25) is 4.79 Å². The van der Waals surface area contributed by atoms with Gasteiger partial charge in [0.2, 0.25) is 0 Å². The molecule has 108 valence electrons. The number of carbonyl (C=O) groups is 1. The summed E-state index contributed by atoms with van der Waals surface area (Å²) in [7, 11) is 1.65. The van der Waals surface area contributed by atoms with Crippen LogP contribution in [0.4, 0.5) is 0 Å². The van der Waals surface area contributed by atoms with Crippen molar-refractivity contribution in [3.05, 3.63) is 51.7 Å². The quantitative estimate of drug-likeness (QED) is 0.783. The number of thiazole rings is 1. The summed E-state index contributed by atoms with van der Waals surface area (Å²) < 4.78 is 6.44. The fraction of sp³-hybridized carbons (Fsp3) is 0.200. The monoisotopic (exact) mass is 318 g/mol. The molecule has 3 rings (SSSR count). The number of rotatable bonds is 5. The third kappa shape index (κ3) is 3.12. The standard InChI is InChI=1S/C15H14N2O2S2/c1-19-13(11-4-5-20-8-11)7-16-15(18)10-2-3-12-14(6-10)21-9-17-12/h2-6,8-9,13H,7H2,1H3,(H,16,18)/t13-/m1/s1. The number of amides is 1. The lowest BCUT2D eigenvalue weighted by molar-refractivity contribution is 0.0829. The Bertz CT molecular complexity index is 737. The minimum absolute atomic E-state index is 0.0948. The normalized spacial score (nSPS) is 12.4. The second-order valence-electron chi connectivity index (χ2n) is 4.53. The van der Waals surface area contributed by atoms with E-state index < -0.39 is 0 Å². The van der Waals surface area contributed by atoms with Crippen molar-refractivity contribution >= 4 is 38.8 Å². The van der Waals surface area contributed by atoms with Gasteiger partial charge >= 0.3 is 0 Å². The molecule has 0 aliphatic heterocycles. The van der Waals surface area contributed by atoms with Crippen LogP contribution in [0.1, 0.15) is 22.0 Å². The SMILES string of the molecule is CO[C@H](CNC(=O)c1ccc2ncsc2c1)c1ccsc1. The van der Waals surface area contributed by atoms with Gasteiger partial charge in [0.15, 0.2) is 0 Å². The number of fused-ring (bicyclic) bond motifs is 1. The predicted molar refractivity (Wildman–Crippen MR) is 86.0 cm³/mol. The summed E-state index contributed by atoms with van der Waals surface area (Å²) in [5.41, 5.74) is 4.43. The zero-order valence-corrected chi connectivity index (χ0v) is 13.0. The number of aromatic nitrogens is 1. The summed E-state index contributed by atoms with van der Waals surface area (Å²) in [5.74, 6) is -0.0948. The molecule has 0 fully saturated rings. The van der Waals surface area contributed by atoms with Crippen LogP contribution >= 0.6 is 22.7 Å². The minimum atomic E-state index is -0.118. The lowest BCUT2D eigenvalue weighted by Gasteiger charge is -2.15. The number of hydrogen-bond acceptors (Lipinski definition) is 5. The number of hydrogen-bond donors (Lipinski definition) is 1. The molecule has 1 amide bonds. The van der Waals surface area contributed by atoms with E-state index in [1.165, 1.54) is 11.3 Å². The molecule has 0 saturated heterocycles. The molecule has 4 nitrogen and oxygen atoms in total. The summed E-state index contributed by atoms with van der Waals surface area (Å²) in [6, 6.07) is 7.54. The van der Waals surface area contributed by atoms with Gasteiger partial charge < -0.3 is 10.1 Å². The van der Waals surface area contributed by atoms with Crippen molar-refractivity contribution in [2.45, 2.75) is 6.10 Å². The molecule has 1 aromatic carbocycles. The van der Waals surface area contributed by atoms with Gasteiger partial charge in [-0.15, -0.1) is 11.3 Å². The molecule has 2 aromatic heterocycles. The maximum atomic E-state index is 12.2. The van der Waals surface area contributed by atoms with Gasteiger partial charge in [-0.05, 0) is 40.6 Å². The predicted octanol–water partition coefficient (Wildman–Crippen LogP) is 3.48. The number of thiophene rings is 1. The van der Waals surface area contributed by atoms with Crippen molar-refractivity contribution in [3.8, 4) is 0 Å². The Kier molecular flexibility index (Phi) is 4.28. The van der Waals surface area contributed by atoms with Crippen molar-refractivity contribution in [1.29, 1.82) is 0 Å². The van der Waals surface area contributed by atoms with Gasteiger partial charge in [0.25, 0.3) is 5.91 Å². The molecule has 6 heteroatoms. The minimum Gasteiger partial charge on any atom is -0.375 e. The van der Waals surface area contributed by atoms with E-state index in [1.807, 2.05) is 29.0 Å². The van der Waals surface area contributed by atoms with Crippen LogP contribution in [0.15, 0.2) is 40.5 Å². The Hall–Kier alpha value is -1.76. The highest BCUT2D eigenvalue weighted by Gasteiger charge is 2.13. The van der Waals surface area contributed by atoms with Crippen molar-refractivity contribution < 1.29 is 9.53 Å². The van der Waals surface area contributed by atoms with E-state index in [-0.39, 0.29) is 12.0 Å². The maximum absolute atomic E-state index is 12.2. The fourth-order valence-electron chi connectivity index (χ4n) is 2.08. The molecular formula is C15H14N2O2S2. The van der Waals surface area contributed by atoms with E-state index in [4.69, 9.17) is 4.74 Å². The molecule has 2 heterocycles. The smallest absolute Gasteiger partial charge is 0.251 e. The van der Waals surface area contributed by atoms with Crippen LogP contribution in [-0.2, 0) is 4.74 Å². The molecule has 0 aliphatic carbocycles. The fourth-order valence-corrected chi connectivity index (χ4v) is 3.50. The molecule has 1 atom stereocenters. The van der Waals surface area contributed by atoms with E-state index >= 15 is 0 Å². The molecule has 0 spiro atoms. The molecule has 1 N–H and O–H groups in total. The van der Waals surface area contributed by atoms with E-state index in [2.05, 4.69) is 10.3 Å². The third-order valence-corrected chi connectivity index (χ3v) is 4.73. The van der Waals surface area contributed by atoms with Crippen molar-refractivity contribution in [2.24, 2.45) is 0 Å². The van der Waals surface area contributed by atoms with Crippen LogP contribution in [0.5, 0.6) is 0 Å². The Balaban J connectivity index is 1.68. The molecule has 21 heavy (non-hydrogen) atoms. The first kappa shape index (κ1) is 14.2. The van der Waals surface area contributed by atoms with Gasteiger partial charge in [0.1, 0.15) is 6.10 Å². The summed E-state index contributed by atoms with van der Waals surface area (Å²) in [6.45, 7) is 0.451. The topological polar surface area (TPSA) is 51.2 Å². The lowest BCUT2D eigenvalue weighted by Crippen LogP contribution is -2.28. The maximum Gasteiger partial charge on any atom is 0.251 e. The van der Waals surface area contributed by atoms with Crippen LogP contribution in [0.3, 0.4) is 0 Å². The van der Waals surface area contributed by atoms with E-state index in [1.54, 1.807) is 30.0 Å². The van der Waals surface area contributed by atoms with Gasteiger partial charge in [-0.25, -0.2) is 4.98 Å². The van der Waals surface area contributed by atoms with Crippen LogP contribution in [-0.4, -0.2) is 24.5 Å². The van der Waals surface area contributed by atoms with Crippen molar-refractivity contribution in [1.82, 2.24) is 10.3 Å². The summed E-state index contributed by atoms with van der Waals surface area (Å²) in [5, 5.41) is 6.95. The number of nitrogens with zero attached hydrogens (tertiary/aromatic N) is 1. The van der Waals surface area contributed by atoms with Gasteiger partial charge in [0, 0.05) is 19.2 Å². The molecule has 0 saturated carbocycles. The second kappa shape index (κ2) is 6.34. The number of carbonyl (C=O) groups excluding carboxylic acids is 1. The highest BCUT2D eigenvalue weighted by atomic mass is 32.1. The first-order valence-electron chi connectivity index (χ1n) is 6.44. The van der Waals surface area contributed by atoms with E-state index in [0.29, 0.717) is 12.1 Å². The summed E-state index contributed by atoms with van der Waals surface area (Å²) >= 11 is 3.15. The van der Waals surface area contributed by atoms with E-state index in [9.17, 15) is 4.79 Å². The third-order valence-electron chi connectivity index (χ3n) is 3.24. The number of methoxy groups -OCH3 is 1. The average Bonchev–Trinajstić information content (AvgIpc) is 3.18. The highest BCUT2D eigenvalue weighted by Crippen LogP contribution is 2.20. The van der Waals surface area contributed by atoms with Gasteiger partial charge in [-0.1, -0.05) is 0 Å². The Morgan fingerprint density at radius 1 is 1.43 bits per heavy atom. The number of benzene rings is 1. The van der Waals surface area contributed by atoms with Crippen molar-refractivity contribution in [2.75, 3.05) is 13.7 Å². The molecule has 0 radical (unpaired) electrons. The Morgan fingerprint density at radius 2 is 2.33 bits per heavy atom. The van der Waals surface area contributed by atoms with Crippen LogP contribution < -0.4 is 5.32 Å². The van der Waals surface area contributed by atoms with Crippen LogP contribution in [0.25, 0.3) is 10.2 Å². The molecular weight excluding hydrogens is 304 g/mol. The van der Waals surface area contributed by atoms with E-state index in [0.717, 1.165) is 15.8 Å². The first-order chi connectivity index (χ1) is 10.3. The molecule has 0 unspecified atom stereocenters. The second-order valence-corrected chi connectivity index (χ2v) is 6.19. The van der Waals surface area contributed by atoms with Crippen LogP contribution in [0.2, 0.25) is 0 Å². The zero-order valence-electron chi connectivity index (χ0n) is 11.4. The average molecular weight is 318 g/mol. The largest absolute Gasteiger partial charge is 0.375 e. The van der Waals surface area contributed by atoms with Crippen molar-refractivity contribution in [3.63, 3.8) is 0 Å². The number of nitrogens with one attached hydrogen (secondary N) is 1. The molecule has 0 aliphatic rings. The Labute approximate surface area is 130 Å². The summed E-state index contributed by atoms with van der Waals surface area (Å²) in [6.07, 6.45) is -0.118. The molecule has 3 aromatic rings. The molecule has 0 bridgehead atoms. The lowest BCUT2D eigenvalue weighted by atomic mass is 10.1. The van der Waals surface area contributed by atoms with Gasteiger partial charge in [-0.2, -0.15) is 11.3 Å². The first-order valence-corrected chi connectivity index (χ1v) is 8.26. The zero-order chi connectivity index (χ0) is 14.7. The summed E-state index contributed by atoms with van der Waals surface area (Å²) in [4.78, 5) is 16.4. The Morgan fingerprint density at radius 3 is 3.10 bits per heavy atom. The number of ether oxygens (including phenoxy) is 1.